The number of halogens is 1. The molecule has 2 N–H and O–H groups in total. The monoisotopic (exact) mass is 304 g/mol. The van der Waals surface area contributed by atoms with Crippen molar-refractivity contribution < 1.29 is 9.59 Å². The lowest BCUT2D eigenvalue weighted by Crippen LogP contribution is -2.64. The molecule has 1 rings (SSSR count). The molecule has 6 heteroatoms. The molecule has 0 aliphatic carbocycles. The van der Waals surface area contributed by atoms with Gasteiger partial charge >= 0.3 is 0 Å². The van der Waals surface area contributed by atoms with E-state index in [9.17, 15) is 9.59 Å². The van der Waals surface area contributed by atoms with Crippen LogP contribution in [0.5, 0.6) is 0 Å². The van der Waals surface area contributed by atoms with Gasteiger partial charge in [0, 0.05) is 6.42 Å². The maximum Gasteiger partial charge on any atom is 0.242 e. The highest BCUT2D eigenvalue weighted by atomic mass is 79.9. The van der Waals surface area contributed by atoms with Gasteiger partial charge < -0.3 is 10.6 Å². The first-order chi connectivity index (χ1) is 7.30. The largest absolute Gasteiger partial charge is 0.302 e. The highest BCUT2D eigenvalue weighted by Gasteiger charge is 2.51. The first-order valence-corrected chi connectivity index (χ1v) is 6.01. The third-order valence-electron chi connectivity index (χ3n) is 2.72. The first kappa shape index (κ1) is 13.3. The van der Waals surface area contributed by atoms with E-state index < -0.39 is 5.41 Å². The molecule has 0 aromatic heterocycles. The molecular formula is C10H13BrN2O2S. The van der Waals surface area contributed by atoms with Crippen molar-refractivity contribution in [1.29, 1.82) is 0 Å². The number of carbonyl (C=O) groups excluding carboxylic acids is 2. The summed E-state index contributed by atoms with van der Waals surface area (Å²) in [5, 5.41) is 5.03. The van der Waals surface area contributed by atoms with Gasteiger partial charge in [0.15, 0.2) is 5.11 Å². The molecule has 0 saturated carbocycles. The van der Waals surface area contributed by atoms with E-state index in [-0.39, 0.29) is 29.3 Å². The SMILES string of the molecule is C=C(Br)CC1(C(C)C)C(=O)NC(=S)NC1=O. The summed E-state index contributed by atoms with van der Waals surface area (Å²) in [5.74, 6) is -0.876. The van der Waals surface area contributed by atoms with Crippen molar-refractivity contribution in [3.8, 4) is 0 Å². The maximum atomic E-state index is 12.0. The molecule has 0 radical (unpaired) electrons. The standard InChI is InChI=1S/C10H13BrN2O2S/c1-5(2)10(4-6(3)11)7(14)12-9(16)13-8(10)15/h5H,3-4H2,1-2H3,(H2,12,13,14,15,16). The molecule has 2 amide bonds. The van der Waals surface area contributed by atoms with Gasteiger partial charge in [-0.05, 0) is 22.6 Å². The van der Waals surface area contributed by atoms with Gasteiger partial charge in [-0.3, -0.25) is 9.59 Å². The Morgan fingerprint density at radius 1 is 1.44 bits per heavy atom. The second-order valence-electron chi connectivity index (χ2n) is 4.06. The molecule has 4 nitrogen and oxygen atoms in total. The van der Waals surface area contributed by atoms with E-state index in [2.05, 4.69) is 33.1 Å². The molecule has 1 saturated heterocycles. The molecule has 16 heavy (non-hydrogen) atoms. The molecular weight excluding hydrogens is 292 g/mol. The number of carbonyl (C=O) groups is 2. The molecule has 1 aliphatic heterocycles. The average Bonchev–Trinajstić information content (AvgIpc) is 2.10. The zero-order chi connectivity index (χ0) is 12.5. The normalized spacial score (nSPS) is 19.4. The van der Waals surface area contributed by atoms with Crippen LogP contribution in [0.15, 0.2) is 11.1 Å². The van der Waals surface area contributed by atoms with Gasteiger partial charge in [-0.2, -0.15) is 0 Å². The molecule has 0 aromatic rings. The Labute approximate surface area is 108 Å². The fraction of sp³-hybridized carbons (Fsp3) is 0.500. The van der Waals surface area contributed by atoms with Crippen LogP contribution in [-0.2, 0) is 9.59 Å². The van der Waals surface area contributed by atoms with Crippen LogP contribution in [0.3, 0.4) is 0 Å². The van der Waals surface area contributed by atoms with E-state index >= 15 is 0 Å². The molecule has 0 atom stereocenters. The second-order valence-corrected chi connectivity index (χ2v) is 5.59. The average molecular weight is 305 g/mol. The first-order valence-electron chi connectivity index (χ1n) is 4.81. The van der Waals surface area contributed by atoms with E-state index in [1.807, 2.05) is 13.8 Å². The Morgan fingerprint density at radius 2 is 1.88 bits per heavy atom. The van der Waals surface area contributed by atoms with Crippen molar-refractivity contribution in [2.75, 3.05) is 0 Å². The van der Waals surface area contributed by atoms with Gasteiger partial charge in [-0.1, -0.05) is 36.4 Å². The Hall–Kier alpha value is -0.750. The fourth-order valence-corrected chi connectivity index (χ4v) is 2.38. The minimum Gasteiger partial charge on any atom is -0.302 e. The predicted molar refractivity (Wildman–Crippen MR) is 68.8 cm³/mol. The summed E-state index contributed by atoms with van der Waals surface area (Å²) in [6, 6.07) is 0. The summed E-state index contributed by atoms with van der Waals surface area (Å²) in [7, 11) is 0. The molecule has 1 fully saturated rings. The van der Waals surface area contributed by atoms with E-state index in [0.717, 1.165) is 0 Å². The van der Waals surface area contributed by atoms with Crippen molar-refractivity contribution in [3.05, 3.63) is 11.1 Å². The predicted octanol–water partition coefficient (Wildman–Crippen LogP) is 1.46. The second kappa shape index (κ2) is 4.63. The topological polar surface area (TPSA) is 58.2 Å². The van der Waals surface area contributed by atoms with Crippen LogP contribution in [0.1, 0.15) is 20.3 Å². The van der Waals surface area contributed by atoms with Crippen molar-refractivity contribution in [3.63, 3.8) is 0 Å². The zero-order valence-electron chi connectivity index (χ0n) is 9.09. The number of nitrogens with one attached hydrogen (secondary N) is 2. The third kappa shape index (κ3) is 2.17. The van der Waals surface area contributed by atoms with E-state index in [0.29, 0.717) is 4.48 Å². The van der Waals surface area contributed by atoms with Gasteiger partial charge in [0.05, 0.1) is 0 Å². The number of allylic oxidation sites excluding steroid dienone is 1. The highest BCUT2D eigenvalue weighted by Crippen LogP contribution is 2.37. The van der Waals surface area contributed by atoms with Crippen molar-refractivity contribution >= 4 is 45.1 Å². The summed E-state index contributed by atoms with van der Waals surface area (Å²) in [6.07, 6.45) is 0.255. The number of amides is 2. The van der Waals surface area contributed by atoms with Gasteiger partial charge in [-0.15, -0.1) is 0 Å². The number of hydrogen-bond acceptors (Lipinski definition) is 3. The smallest absolute Gasteiger partial charge is 0.242 e. The lowest BCUT2D eigenvalue weighted by atomic mass is 9.72. The van der Waals surface area contributed by atoms with Crippen LogP contribution in [0.4, 0.5) is 0 Å². The molecule has 0 bridgehead atoms. The van der Waals surface area contributed by atoms with Crippen molar-refractivity contribution in [2.45, 2.75) is 20.3 Å². The molecule has 1 heterocycles. The van der Waals surface area contributed by atoms with Gasteiger partial charge in [0.2, 0.25) is 11.8 Å². The van der Waals surface area contributed by atoms with Crippen LogP contribution < -0.4 is 10.6 Å². The van der Waals surface area contributed by atoms with Crippen LogP contribution in [-0.4, -0.2) is 16.9 Å². The molecule has 88 valence electrons. The Balaban J connectivity index is 3.17. The zero-order valence-corrected chi connectivity index (χ0v) is 11.5. The lowest BCUT2D eigenvalue weighted by Gasteiger charge is -2.37. The quantitative estimate of drug-likeness (QED) is 0.613. The van der Waals surface area contributed by atoms with Crippen LogP contribution in [0, 0.1) is 11.3 Å². The van der Waals surface area contributed by atoms with Gasteiger partial charge in [0.25, 0.3) is 0 Å². The van der Waals surface area contributed by atoms with E-state index in [4.69, 9.17) is 12.2 Å². The summed E-state index contributed by atoms with van der Waals surface area (Å²) in [5.41, 5.74) is -1.14. The number of rotatable bonds is 3. The molecule has 0 spiro atoms. The van der Waals surface area contributed by atoms with E-state index in [1.54, 1.807) is 0 Å². The maximum absolute atomic E-state index is 12.0. The van der Waals surface area contributed by atoms with Crippen molar-refractivity contribution in [1.82, 2.24) is 10.6 Å². The van der Waals surface area contributed by atoms with Gasteiger partial charge in [-0.25, -0.2) is 0 Å². The minimum atomic E-state index is -1.14. The number of thiocarbonyl (C=S) groups is 1. The summed E-state index contributed by atoms with van der Waals surface area (Å²) in [6.45, 7) is 7.33. The van der Waals surface area contributed by atoms with Crippen LogP contribution in [0.2, 0.25) is 0 Å². The summed E-state index contributed by atoms with van der Waals surface area (Å²) >= 11 is 7.96. The molecule has 0 aromatic carbocycles. The Bertz CT molecular complexity index is 359. The van der Waals surface area contributed by atoms with Gasteiger partial charge in [0.1, 0.15) is 5.41 Å². The minimum absolute atomic E-state index is 0.0615. The fourth-order valence-electron chi connectivity index (χ4n) is 1.76. The van der Waals surface area contributed by atoms with E-state index in [1.165, 1.54) is 0 Å². The van der Waals surface area contributed by atoms with Crippen LogP contribution in [0.25, 0.3) is 0 Å². The Morgan fingerprint density at radius 3 is 2.19 bits per heavy atom. The summed E-state index contributed by atoms with van der Waals surface area (Å²) < 4.78 is 0.610. The molecule has 1 aliphatic rings. The molecule has 0 unspecified atom stereocenters. The number of hydrogen-bond donors (Lipinski definition) is 2. The Kier molecular flexibility index (Phi) is 3.85. The third-order valence-corrected chi connectivity index (χ3v) is 3.21. The van der Waals surface area contributed by atoms with Crippen LogP contribution >= 0.6 is 28.1 Å². The van der Waals surface area contributed by atoms with Crippen molar-refractivity contribution in [2.24, 2.45) is 11.3 Å². The lowest BCUT2D eigenvalue weighted by molar-refractivity contribution is -0.146. The summed E-state index contributed by atoms with van der Waals surface area (Å²) in [4.78, 5) is 24.0. The highest BCUT2D eigenvalue weighted by molar-refractivity contribution is 9.11.